The first kappa shape index (κ1) is 24.3. The maximum atomic E-state index is 13.0. The number of fused-ring (bicyclic) bond motifs is 2. The van der Waals surface area contributed by atoms with E-state index in [1.165, 1.54) is 40.4 Å². The van der Waals surface area contributed by atoms with Crippen molar-refractivity contribution in [2.24, 2.45) is 5.92 Å². The number of hydrogen-bond acceptors (Lipinski definition) is 5. The average molecular weight is 511 g/mol. The molecule has 2 aliphatic rings. The minimum absolute atomic E-state index is 0.0288. The van der Waals surface area contributed by atoms with Crippen molar-refractivity contribution in [3.8, 4) is 0 Å². The molecule has 3 heterocycles. The van der Waals surface area contributed by atoms with E-state index >= 15 is 0 Å². The second kappa shape index (κ2) is 11.1. The number of rotatable bonds is 7. The van der Waals surface area contributed by atoms with Gasteiger partial charge in [0.1, 0.15) is 0 Å². The minimum atomic E-state index is 0.0288. The minimum Gasteiger partial charge on any atom is -0.349 e. The lowest BCUT2D eigenvalue weighted by Gasteiger charge is -2.32. The van der Waals surface area contributed by atoms with Crippen LogP contribution in [-0.4, -0.2) is 39.9 Å². The average Bonchev–Trinajstić information content (AvgIpc) is 3.34. The first-order chi connectivity index (χ1) is 18.2. The van der Waals surface area contributed by atoms with E-state index in [-0.39, 0.29) is 11.9 Å². The monoisotopic (exact) mass is 510 g/mol. The molecule has 190 valence electrons. The van der Waals surface area contributed by atoms with Crippen LogP contribution in [0.2, 0.25) is 0 Å². The molecule has 4 aromatic rings. The van der Waals surface area contributed by atoms with Crippen LogP contribution in [0.3, 0.4) is 0 Å². The van der Waals surface area contributed by atoms with Gasteiger partial charge in [0.05, 0.1) is 16.2 Å². The highest BCUT2D eigenvalue weighted by Crippen LogP contribution is 2.30. The standard InChI is InChI=1S/C31H34N4OS/c36-31(26-8-4-10-27-25(26)9-5-17-32-27)33-24-13-11-22(12-14-24)15-18-35-19-16-29-28(21-35)34-30(37-29)20-23-6-2-1-3-7-23/h1-10,17,22,24H,11-16,18-21H2,(H,33,36)/t22-,24-. The van der Waals surface area contributed by atoms with Gasteiger partial charge in [-0.2, -0.15) is 0 Å². The van der Waals surface area contributed by atoms with Gasteiger partial charge in [0, 0.05) is 47.6 Å². The summed E-state index contributed by atoms with van der Waals surface area (Å²) >= 11 is 1.91. The SMILES string of the molecule is O=C(N[C@H]1CC[C@H](CCN2CCc3sc(Cc4ccccc4)nc3C2)CC1)c1cccc2ncccc12. The third-order valence-corrected chi connectivity index (χ3v) is 9.13. The highest BCUT2D eigenvalue weighted by molar-refractivity contribution is 7.11. The Kier molecular flexibility index (Phi) is 7.29. The number of thiazole rings is 1. The summed E-state index contributed by atoms with van der Waals surface area (Å²) in [6.07, 6.45) is 9.61. The molecule has 0 unspecified atom stereocenters. The first-order valence-electron chi connectivity index (χ1n) is 13.6. The molecular formula is C31H34N4OS. The summed E-state index contributed by atoms with van der Waals surface area (Å²) in [4.78, 5) is 26.5. The summed E-state index contributed by atoms with van der Waals surface area (Å²) in [6.45, 7) is 3.28. The quantitative estimate of drug-likeness (QED) is 0.330. The summed E-state index contributed by atoms with van der Waals surface area (Å²) in [5.74, 6) is 0.779. The number of amides is 1. The van der Waals surface area contributed by atoms with Gasteiger partial charge in [0.25, 0.3) is 5.91 Å². The molecule has 37 heavy (non-hydrogen) atoms. The first-order valence-corrected chi connectivity index (χ1v) is 14.4. The molecule has 0 atom stereocenters. The van der Waals surface area contributed by atoms with Gasteiger partial charge in [0.2, 0.25) is 0 Å². The zero-order chi connectivity index (χ0) is 25.0. The van der Waals surface area contributed by atoms with Crippen molar-refractivity contribution in [2.75, 3.05) is 13.1 Å². The zero-order valence-corrected chi connectivity index (χ0v) is 22.1. The van der Waals surface area contributed by atoms with E-state index < -0.39 is 0 Å². The van der Waals surface area contributed by atoms with Crippen LogP contribution in [0.15, 0.2) is 66.9 Å². The van der Waals surface area contributed by atoms with Crippen LogP contribution in [0, 0.1) is 5.92 Å². The van der Waals surface area contributed by atoms with Crippen LogP contribution in [0.25, 0.3) is 10.9 Å². The number of benzene rings is 2. The van der Waals surface area contributed by atoms with Crippen molar-refractivity contribution < 1.29 is 4.79 Å². The Balaban J connectivity index is 0.962. The predicted molar refractivity (Wildman–Crippen MR) is 150 cm³/mol. The molecule has 2 aromatic carbocycles. The largest absolute Gasteiger partial charge is 0.349 e. The van der Waals surface area contributed by atoms with Crippen molar-refractivity contribution in [1.29, 1.82) is 0 Å². The summed E-state index contributed by atoms with van der Waals surface area (Å²) in [5.41, 5.74) is 4.24. The fourth-order valence-corrected chi connectivity index (χ4v) is 6.97. The van der Waals surface area contributed by atoms with Crippen molar-refractivity contribution in [3.63, 3.8) is 0 Å². The third-order valence-electron chi connectivity index (χ3n) is 7.98. The summed E-state index contributed by atoms with van der Waals surface area (Å²) in [6, 6.07) is 20.6. The Morgan fingerprint density at radius 3 is 2.73 bits per heavy atom. The molecule has 5 nitrogen and oxygen atoms in total. The highest BCUT2D eigenvalue weighted by atomic mass is 32.1. The van der Waals surface area contributed by atoms with Crippen LogP contribution in [0.4, 0.5) is 0 Å². The van der Waals surface area contributed by atoms with Crippen LogP contribution < -0.4 is 5.32 Å². The van der Waals surface area contributed by atoms with Crippen LogP contribution in [0.1, 0.15) is 63.6 Å². The number of pyridine rings is 1. The zero-order valence-electron chi connectivity index (χ0n) is 21.2. The Hall–Kier alpha value is -3.09. The van der Waals surface area contributed by atoms with Crippen molar-refractivity contribution in [1.82, 2.24) is 20.2 Å². The van der Waals surface area contributed by atoms with Crippen molar-refractivity contribution in [2.45, 2.75) is 57.5 Å². The summed E-state index contributed by atoms with van der Waals surface area (Å²) in [5, 5.41) is 5.47. The lowest BCUT2D eigenvalue weighted by molar-refractivity contribution is 0.0921. The van der Waals surface area contributed by atoms with Gasteiger partial charge >= 0.3 is 0 Å². The van der Waals surface area contributed by atoms with Crippen LogP contribution >= 0.6 is 11.3 Å². The van der Waals surface area contributed by atoms with Gasteiger partial charge in [-0.15, -0.1) is 11.3 Å². The van der Waals surface area contributed by atoms with Crippen LogP contribution in [0.5, 0.6) is 0 Å². The Bertz CT molecular complexity index is 1350. The van der Waals surface area contributed by atoms with E-state index in [1.807, 2.05) is 41.7 Å². The molecule has 0 bridgehead atoms. The lowest BCUT2D eigenvalue weighted by Crippen LogP contribution is -2.38. The molecule has 1 fully saturated rings. The number of nitrogens with one attached hydrogen (secondary N) is 1. The van der Waals surface area contributed by atoms with Crippen LogP contribution in [-0.2, 0) is 19.4 Å². The molecule has 6 heteroatoms. The van der Waals surface area contributed by atoms with E-state index in [0.29, 0.717) is 0 Å². The number of carbonyl (C=O) groups is 1. The van der Waals surface area contributed by atoms with Gasteiger partial charge < -0.3 is 5.32 Å². The number of hydrogen-bond donors (Lipinski definition) is 1. The van der Waals surface area contributed by atoms with Gasteiger partial charge in [-0.05, 0) is 74.8 Å². The fourth-order valence-electron chi connectivity index (χ4n) is 5.87. The molecule has 0 radical (unpaired) electrons. The molecule has 0 spiro atoms. The van der Waals surface area contributed by atoms with Crippen molar-refractivity contribution >= 4 is 28.1 Å². The lowest BCUT2D eigenvalue weighted by atomic mass is 9.84. The molecular weight excluding hydrogens is 476 g/mol. The Labute approximate surface area is 223 Å². The Morgan fingerprint density at radius 2 is 1.86 bits per heavy atom. The molecule has 6 rings (SSSR count). The maximum Gasteiger partial charge on any atom is 0.252 e. The third kappa shape index (κ3) is 5.76. The van der Waals surface area contributed by atoms with E-state index in [0.717, 1.165) is 67.7 Å². The Morgan fingerprint density at radius 1 is 1.00 bits per heavy atom. The predicted octanol–water partition coefficient (Wildman–Crippen LogP) is 6.02. The molecule has 1 amide bonds. The summed E-state index contributed by atoms with van der Waals surface area (Å²) in [7, 11) is 0. The maximum absolute atomic E-state index is 13.0. The molecule has 1 N–H and O–H groups in total. The molecule has 1 aliphatic carbocycles. The highest BCUT2D eigenvalue weighted by Gasteiger charge is 2.25. The smallest absolute Gasteiger partial charge is 0.252 e. The topological polar surface area (TPSA) is 58.1 Å². The van der Waals surface area contributed by atoms with E-state index in [9.17, 15) is 4.79 Å². The normalized spacial score (nSPS) is 20.0. The number of carbonyl (C=O) groups excluding carboxylic acids is 1. The number of aromatic nitrogens is 2. The second-order valence-electron chi connectivity index (χ2n) is 10.5. The molecule has 1 saturated carbocycles. The van der Waals surface area contributed by atoms with Crippen molar-refractivity contribution in [3.05, 3.63) is 93.6 Å². The van der Waals surface area contributed by atoms with Gasteiger partial charge in [-0.25, -0.2) is 4.98 Å². The molecule has 2 aromatic heterocycles. The molecule has 0 saturated heterocycles. The molecule has 1 aliphatic heterocycles. The van der Waals surface area contributed by atoms with E-state index in [2.05, 4.69) is 45.5 Å². The fraction of sp³-hybridized carbons (Fsp3) is 0.387. The van der Waals surface area contributed by atoms with Gasteiger partial charge in [-0.3, -0.25) is 14.7 Å². The van der Waals surface area contributed by atoms with Gasteiger partial charge in [-0.1, -0.05) is 42.5 Å². The summed E-state index contributed by atoms with van der Waals surface area (Å²) < 4.78 is 0. The van der Waals surface area contributed by atoms with E-state index in [1.54, 1.807) is 6.20 Å². The second-order valence-corrected chi connectivity index (χ2v) is 11.7. The van der Waals surface area contributed by atoms with E-state index in [4.69, 9.17) is 4.98 Å². The number of nitrogens with zero attached hydrogens (tertiary/aromatic N) is 3. The van der Waals surface area contributed by atoms with Gasteiger partial charge in [0.15, 0.2) is 0 Å².